The average Bonchev–Trinajstić information content (AvgIpc) is 2.45. The van der Waals surface area contributed by atoms with Gasteiger partial charge in [0, 0.05) is 36.1 Å². The molecule has 18 heavy (non-hydrogen) atoms. The number of hydrogen-bond acceptors (Lipinski definition) is 7. The van der Waals surface area contributed by atoms with E-state index in [9.17, 15) is 0 Å². The fourth-order valence-corrected chi connectivity index (χ4v) is 4.35. The first-order chi connectivity index (χ1) is 8.85. The highest BCUT2D eigenvalue weighted by molar-refractivity contribution is 8.06. The summed E-state index contributed by atoms with van der Waals surface area (Å²) in [5.41, 5.74) is 0. The third-order valence-electron chi connectivity index (χ3n) is 2.63. The van der Waals surface area contributed by atoms with E-state index >= 15 is 0 Å². The maximum absolute atomic E-state index is 5.35. The molecule has 0 amide bonds. The summed E-state index contributed by atoms with van der Waals surface area (Å²) in [5, 5.41) is 7.00. The smallest absolute Gasteiger partial charge is 0.204 e. The third-order valence-corrected chi connectivity index (χ3v) is 5.47. The Hall–Kier alpha value is -0.820. The van der Waals surface area contributed by atoms with E-state index < -0.39 is 0 Å². The van der Waals surface area contributed by atoms with E-state index in [-0.39, 0.29) is 0 Å². The number of anilines is 2. The number of aromatic nitrogens is 2. The molecule has 0 aromatic carbocycles. The van der Waals surface area contributed by atoms with Crippen molar-refractivity contribution in [2.75, 3.05) is 48.6 Å². The van der Waals surface area contributed by atoms with Gasteiger partial charge >= 0.3 is 0 Å². The fraction of sp³-hybridized carbons (Fsp3) is 0.636. The highest BCUT2D eigenvalue weighted by Crippen LogP contribution is 2.29. The zero-order chi connectivity index (χ0) is 12.8. The van der Waals surface area contributed by atoms with Gasteiger partial charge in [0.25, 0.3) is 0 Å². The first-order valence-electron chi connectivity index (χ1n) is 5.85. The molecule has 1 fully saturated rings. The second kappa shape index (κ2) is 6.94. The fourth-order valence-electron chi connectivity index (χ4n) is 1.74. The van der Waals surface area contributed by atoms with E-state index in [0.29, 0.717) is 16.8 Å². The number of hydrogen-bond donors (Lipinski definition) is 2. The number of thioether (sulfide) groups is 2. The number of rotatable bonds is 5. The maximum Gasteiger partial charge on any atom is 0.204 e. The molecule has 7 heteroatoms. The molecule has 1 aromatic rings. The standard InChI is InChI=1S/C11H18N4OS2/c1-12-10-9(16-2)11(15-7-14-10)13-5-8-6-17-3-4-18-8/h7-8H,3-6H2,1-2H3,(H2,12,13,14,15). The Morgan fingerprint density at radius 1 is 1.39 bits per heavy atom. The summed E-state index contributed by atoms with van der Waals surface area (Å²) in [5.74, 6) is 5.84. The van der Waals surface area contributed by atoms with Gasteiger partial charge in [0.05, 0.1) is 7.11 Å². The van der Waals surface area contributed by atoms with Crippen molar-refractivity contribution in [3.8, 4) is 5.75 Å². The molecule has 0 radical (unpaired) electrons. The van der Waals surface area contributed by atoms with Crippen LogP contribution in [0.1, 0.15) is 0 Å². The summed E-state index contributed by atoms with van der Waals surface area (Å²) in [6, 6.07) is 0. The largest absolute Gasteiger partial charge is 0.490 e. The lowest BCUT2D eigenvalue weighted by Crippen LogP contribution is -2.23. The number of nitrogens with one attached hydrogen (secondary N) is 2. The van der Waals surface area contributed by atoms with Crippen LogP contribution in [-0.4, -0.2) is 53.2 Å². The molecule has 0 saturated carbocycles. The van der Waals surface area contributed by atoms with Gasteiger partial charge < -0.3 is 15.4 Å². The Balaban J connectivity index is 1.99. The predicted molar refractivity (Wildman–Crippen MR) is 80.2 cm³/mol. The van der Waals surface area contributed by atoms with Crippen molar-refractivity contribution < 1.29 is 4.74 Å². The molecule has 1 aromatic heterocycles. The monoisotopic (exact) mass is 286 g/mol. The molecular weight excluding hydrogens is 268 g/mol. The van der Waals surface area contributed by atoms with Crippen LogP contribution >= 0.6 is 23.5 Å². The van der Waals surface area contributed by atoms with Crippen LogP contribution in [0.15, 0.2) is 6.33 Å². The summed E-state index contributed by atoms with van der Waals surface area (Å²) in [6.45, 7) is 0.911. The van der Waals surface area contributed by atoms with Crippen LogP contribution in [-0.2, 0) is 0 Å². The Bertz CT molecular complexity index is 385. The topological polar surface area (TPSA) is 59.1 Å². The summed E-state index contributed by atoms with van der Waals surface area (Å²) in [4.78, 5) is 8.37. The summed E-state index contributed by atoms with van der Waals surface area (Å²) in [6.07, 6.45) is 1.54. The van der Waals surface area contributed by atoms with Crippen molar-refractivity contribution >= 4 is 35.2 Å². The minimum absolute atomic E-state index is 0.640. The molecule has 100 valence electrons. The highest BCUT2D eigenvalue weighted by atomic mass is 32.2. The quantitative estimate of drug-likeness (QED) is 0.855. The second-order valence-corrected chi connectivity index (χ2v) is 6.36. The van der Waals surface area contributed by atoms with E-state index in [2.05, 4.69) is 20.6 Å². The molecule has 1 unspecified atom stereocenters. The molecule has 2 rings (SSSR count). The molecule has 0 bridgehead atoms. The van der Waals surface area contributed by atoms with E-state index in [1.54, 1.807) is 13.4 Å². The van der Waals surface area contributed by atoms with Crippen LogP contribution in [0.25, 0.3) is 0 Å². The van der Waals surface area contributed by atoms with E-state index in [4.69, 9.17) is 4.74 Å². The molecule has 0 aliphatic carbocycles. The Morgan fingerprint density at radius 2 is 2.22 bits per heavy atom. The molecule has 5 nitrogen and oxygen atoms in total. The van der Waals surface area contributed by atoms with Crippen LogP contribution in [0.4, 0.5) is 11.6 Å². The van der Waals surface area contributed by atoms with Gasteiger partial charge in [-0.25, -0.2) is 9.97 Å². The number of ether oxygens (including phenoxy) is 1. The Labute approximate surface area is 116 Å². The average molecular weight is 286 g/mol. The predicted octanol–water partition coefficient (Wildman–Crippen LogP) is 1.79. The van der Waals surface area contributed by atoms with Gasteiger partial charge in [0.15, 0.2) is 11.6 Å². The molecule has 2 heterocycles. The minimum atomic E-state index is 0.640. The van der Waals surface area contributed by atoms with Gasteiger partial charge in [0.1, 0.15) is 6.33 Å². The van der Waals surface area contributed by atoms with Gasteiger partial charge in [-0.05, 0) is 0 Å². The van der Waals surface area contributed by atoms with Crippen molar-refractivity contribution in [2.24, 2.45) is 0 Å². The lowest BCUT2D eigenvalue weighted by atomic mass is 10.4. The lowest BCUT2D eigenvalue weighted by Gasteiger charge is -2.22. The van der Waals surface area contributed by atoms with Crippen LogP contribution < -0.4 is 15.4 Å². The van der Waals surface area contributed by atoms with Gasteiger partial charge in [0.2, 0.25) is 5.75 Å². The maximum atomic E-state index is 5.35. The van der Waals surface area contributed by atoms with Gasteiger partial charge in [-0.2, -0.15) is 23.5 Å². The first kappa shape index (κ1) is 13.6. The lowest BCUT2D eigenvalue weighted by molar-refractivity contribution is 0.415. The molecule has 2 N–H and O–H groups in total. The van der Waals surface area contributed by atoms with Gasteiger partial charge in [-0.15, -0.1) is 0 Å². The second-order valence-electron chi connectivity index (χ2n) is 3.80. The minimum Gasteiger partial charge on any atom is -0.490 e. The van der Waals surface area contributed by atoms with Crippen LogP contribution in [0, 0.1) is 0 Å². The molecule has 1 atom stereocenters. The third kappa shape index (κ3) is 3.35. The zero-order valence-corrected chi connectivity index (χ0v) is 12.2. The molecule has 1 saturated heterocycles. The summed E-state index contributed by atoms with van der Waals surface area (Å²) in [7, 11) is 3.46. The molecular formula is C11H18N4OS2. The van der Waals surface area contributed by atoms with Crippen molar-refractivity contribution in [3.05, 3.63) is 6.33 Å². The van der Waals surface area contributed by atoms with E-state index in [1.165, 1.54) is 17.3 Å². The van der Waals surface area contributed by atoms with E-state index in [0.717, 1.165) is 12.4 Å². The SMILES string of the molecule is CNc1ncnc(NCC2CSCCS2)c1OC. The highest BCUT2D eigenvalue weighted by Gasteiger charge is 2.16. The van der Waals surface area contributed by atoms with Crippen LogP contribution in [0.2, 0.25) is 0 Å². The molecule has 1 aliphatic rings. The van der Waals surface area contributed by atoms with Crippen molar-refractivity contribution in [1.82, 2.24) is 9.97 Å². The number of nitrogens with zero attached hydrogens (tertiary/aromatic N) is 2. The number of methoxy groups -OCH3 is 1. The van der Waals surface area contributed by atoms with Crippen molar-refractivity contribution in [1.29, 1.82) is 0 Å². The van der Waals surface area contributed by atoms with Gasteiger partial charge in [-0.1, -0.05) is 0 Å². The Kier molecular flexibility index (Phi) is 5.25. The van der Waals surface area contributed by atoms with Crippen LogP contribution in [0.3, 0.4) is 0 Å². The summed E-state index contributed by atoms with van der Waals surface area (Å²) >= 11 is 4.04. The van der Waals surface area contributed by atoms with Crippen molar-refractivity contribution in [2.45, 2.75) is 5.25 Å². The van der Waals surface area contributed by atoms with Gasteiger partial charge in [-0.3, -0.25) is 0 Å². The zero-order valence-electron chi connectivity index (χ0n) is 10.6. The first-order valence-corrected chi connectivity index (χ1v) is 8.05. The van der Waals surface area contributed by atoms with Crippen molar-refractivity contribution in [3.63, 3.8) is 0 Å². The molecule has 0 spiro atoms. The van der Waals surface area contributed by atoms with Crippen LogP contribution in [0.5, 0.6) is 5.75 Å². The van der Waals surface area contributed by atoms with E-state index in [1.807, 2.05) is 30.6 Å². The summed E-state index contributed by atoms with van der Waals surface area (Å²) < 4.78 is 5.35. The molecule has 1 aliphatic heterocycles. The Morgan fingerprint density at radius 3 is 2.89 bits per heavy atom. The normalized spacial score (nSPS) is 19.3.